The predicted molar refractivity (Wildman–Crippen MR) is 135 cm³/mol. The molecule has 3 amide bonds. The van der Waals surface area contributed by atoms with Gasteiger partial charge in [0.1, 0.15) is 18.1 Å². The average molecular weight is 495 g/mol. The van der Waals surface area contributed by atoms with Crippen molar-refractivity contribution in [3.8, 4) is 5.75 Å². The van der Waals surface area contributed by atoms with Crippen LogP contribution in [0.1, 0.15) is 47.5 Å². The molecule has 2 aliphatic rings. The monoisotopic (exact) mass is 494 g/mol. The van der Waals surface area contributed by atoms with Crippen LogP contribution in [0.25, 0.3) is 0 Å². The van der Waals surface area contributed by atoms with Gasteiger partial charge in [0.25, 0.3) is 11.8 Å². The van der Waals surface area contributed by atoms with Crippen molar-refractivity contribution < 1.29 is 23.9 Å². The quantitative estimate of drug-likeness (QED) is 0.701. The summed E-state index contributed by atoms with van der Waals surface area (Å²) in [6.45, 7) is 4.83. The Morgan fingerprint density at radius 3 is 2.58 bits per heavy atom. The number of rotatable bonds is 4. The maximum absolute atomic E-state index is 13.4. The third-order valence-electron chi connectivity index (χ3n) is 6.81. The highest BCUT2D eigenvalue weighted by Crippen LogP contribution is 2.32. The molecule has 1 aromatic carbocycles. The van der Waals surface area contributed by atoms with Gasteiger partial charge in [-0.25, -0.2) is 0 Å². The normalized spacial score (nSPS) is 23.1. The number of aromatic nitrogens is 1. The fourth-order valence-electron chi connectivity index (χ4n) is 4.36. The van der Waals surface area contributed by atoms with Crippen LogP contribution in [-0.4, -0.2) is 78.5 Å². The summed E-state index contributed by atoms with van der Waals surface area (Å²) < 4.78 is 11.9. The third kappa shape index (κ3) is 5.84. The number of fused-ring (bicyclic) bond motifs is 1. The minimum atomic E-state index is -0.315. The first-order valence-corrected chi connectivity index (χ1v) is 12.4. The molecule has 1 fully saturated rings. The Kier molecular flexibility index (Phi) is 7.88. The molecular formula is C27H34N4O5. The molecule has 1 aromatic heterocycles. The third-order valence-corrected chi connectivity index (χ3v) is 6.81. The summed E-state index contributed by atoms with van der Waals surface area (Å²) in [5.41, 5.74) is 1.32. The zero-order valence-electron chi connectivity index (χ0n) is 21.3. The van der Waals surface area contributed by atoms with E-state index in [1.165, 1.54) is 0 Å². The van der Waals surface area contributed by atoms with Crippen LogP contribution in [0.4, 0.5) is 5.69 Å². The summed E-state index contributed by atoms with van der Waals surface area (Å²) in [6, 6.07) is 10.0. The molecule has 0 radical (unpaired) electrons. The highest BCUT2D eigenvalue weighted by Gasteiger charge is 2.32. The number of pyridine rings is 1. The lowest BCUT2D eigenvalue weighted by molar-refractivity contribution is -0.117. The number of likely N-dealkylation sites (N-methyl/N-ethyl adjacent to an activating group) is 1. The van der Waals surface area contributed by atoms with Crippen molar-refractivity contribution in [2.45, 2.75) is 38.8 Å². The number of carbonyl (C=O) groups excluding carboxylic acids is 3. The number of nitrogens with zero attached hydrogens (tertiary/aromatic N) is 3. The zero-order valence-corrected chi connectivity index (χ0v) is 21.3. The average Bonchev–Trinajstić information content (AvgIpc) is 3.74. The molecule has 2 heterocycles. The first kappa shape index (κ1) is 25.6. The molecule has 0 saturated heterocycles. The highest BCUT2D eigenvalue weighted by atomic mass is 16.5. The number of hydrogen-bond donors (Lipinski definition) is 1. The van der Waals surface area contributed by atoms with Gasteiger partial charge in [-0.1, -0.05) is 13.0 Å². The molecular weight excluding hydrogens is 460 g/mol. The second-order valence-corrected chi connectivity index (χ2v) is 9.74. The summed E-state index contributed by atoms with van der Waals surface area (Å²) in [5.74, 6) is -0.0586. The summed E-state index contributed by atoms with van der Waals surface area (Å²) in [7, 11) is 3.34. The van der Waals surface area contributed by atoms with E-state index in [9.17, 15) is 14.4 Å². The molecule has 192 valence electrons. The van der Waals surface area contributed by atoms with E-state index in [1.807, 2.05) is 13.8 Å². The number of benzene rings is 1. The Morgan fingerprint density at radius 2 is 1.92 bits per heavy atom. The van der Waals surface area contributed by atoms with Crippen LogP contribution in [0.5, 0.6) is 5.75 Å². The molecule has 1 aliphatic heterocycles. The molecule has 36 heavy (non-hydrogen) atoms. The zero-order chi connectivity index (χ0) is 25.8. The van der Waals surface area contributed by atoms with Gasteiger partial charge in [-0.05, 0) is 44.0 Å². The highest BCUT2D eigenvalue weighted by molar-refractivity contribution is 5.99. The van der Waals surface area contributed by atoms with Crippen LogP contribution in [0, 0.1) is 11.8 Å². The number of anilines is 1. The van der Waals surface area contributed by atoms with Gasteiger partial charge in [0.15, 0.2) is 0 Å². The van der Waals surface area contributed by atoms with Crippen molar-refractivity contribution in [1.29, 1.82) is 0 Å². The van der Waals surface area contributed by atoms with Crippen LogP contribution in [-0.2, 0) is 9.53 Å². The Hall–Kier alpha value is -3.46. The Morgan fingerprint density at radius 1 is 1.14 bits per heavy atom. The van der Waals surface area contributed by atoms with E-state index >= 15 is 0 Å². The van der Waals surface area contributed by atoms with Gasteiger partial charge in [-0.15, -0.1) is 0 Å². The predicted octanol–water partition coefficient (Wildman–Crippen LogP) is 3.08. The van der Waals surface area contributed by atoms with Crippen LogP contribution in [0.15, 0.2) is 42.6 Å². The largest absolute Gasteiger partial charge is 0.491 e. The Bertz CT molecular complexity index is 1100. The van der Waals surface area contributed by atoms with Gasteiger partial charge in [0, 0.05) is 57.0 Å². The van der Waals surface area contributed by atoms with Crippen molar-refractivity contribution in [2.75, 3.05) is 39.2 Å². The van der Waals surface area contributed by atoms with E-state index in [4.69, 9.17) is 9.47 Å². The van der Waals surface area contributed by atoms with Crippen LogP contribution in [0.3, 0.4) is 0 Å². The minimum absolute atomic E-state index is 0.0241. The second kappa shape index (κ2) is 11.1. The molecule has 4 rings (SSSR count). The first-order chi connectivity index (χ1) is 17.3. The van der Waals surface area contributed by atoms with Gasteiger partial charge >= 0.3 is 0 Å². The fraction of sp³-hybridized carbons (Fsp3) is 0.481. The van der Waals surface area contributed by atoms with Gasteiger partial charge < -0.3 is 24.6 Å². The van der Waals surface area contributed by atoms with Gasteiger partial charge in [-0.2, -0.15) is 0 Å². The molecule has 1 saturated carbocycles. The van der Waals surface area contributed by atoms with Crippen LogP contribution in [0.2, 0.25) is 0 Å². The summed E-state index contributed by atoms with van der Waals surface area (Å²) >= 11 is 0. The topological polar surface area (TPSA) is 101 Å². The van der Waals surface area contributed by atoms with Crippen LogP contribution >= 0.6 is 0 Å². The van der Waals surface area contributed by atoms with Crippen molar-refractivity contribution in [3.63, 3.8) is 0 Å². The minimum Gasteiger partial charge on any atom is -0.491 e. The lowest BCUT2D eigenvalue weighted by Crippen LogP contribution is -2.48. The van der Waals surface area contributed by atoms with E-state index in [0.717, 1.165) is 12.8 Å². The lowest BCUT2D eigenvalue weighted by atomic mass is 10.0. The molecule has 3 atom stereocenters. The number of methoxy groups -OCH3 is 1. The lowest BCUT2D eigenvalue weighted by Gasteiger charge is -2.36. The van der Waals surface area contributed by atoms with E-state index < -0.39 is 0 Å². The molecule has 0 unspecified atom stereocenters. The summed E-state index contributed by atoms with van der Waals surface area (Å²) in [5, 5.41) is 2.91. The standard InChI is InChI=1S/C27H34N4O5/c1-17-14-31(27(34)22-7-5-6-12-28-22)18(2)16-36-23-13-20(29-25(32)19-8-9-19)10-11-21(23)26(33)30(3)15-24(17)35-4/h5-7,10-13,17-19,24H,8-9,14-16H2,1-4H3,(H,29,32)/t17-,18+,24-/m1/s1. The number of ether oxygens (including phenoxy) is 2. The SMILES string of the molecule is CO[C@@H]1CN(C)C(=O)c2ccc(NC(=O)C3CC3)cc2OC[C@H](C)N(C(=O)c2ccccn2)C[C@H]1C. The number of nitrogens with one attached hydrogen (secondary N) is 1. The number of hydrogen-bond acceptors (Lipinski definition) is 6. The van der Waals surface area contributed by atoms with Crippen molar-refractivity contribution >= 4 is 23.4 Å². The molecule has 2 aromatic rings. The molecule has 0 bridgehead atoms. The number of amides is 3. The Labute approximate surface area is 211 Å². The summed E-state index contributed by atoms with van der Waals surface area (Å²) in [6.07, 6.45) is 3.10. The molecule has 9 nitrogen and oxygen atoms in total. The molecule has 1 N–H and O–H groups in total. The fourth-order valence-corrected chi connectivity index (χ4v) is 4.36. The molecule has 9 heteroatoms. The molecule has 0 spiro atoms. The van der Waals surface area contributed by atoms with E-state index in [-0.39, 0.29) is 48.3 Å². The first-order valence-electron chi connectivity index (χ1n) is 12.4. The Balaban J connectivity index is 1.66. The van der Waals surface area contributed by atoms with Crippen molar-refractivity contribution in [3.05, 3.63) is 53.9 Å². The molecule has 1 aliphatic carbocycles. The maximum atomic E-state index is 13.4. The maximum Gasteiger partial charge on any atom is 0.272 e. The van der Waals surface area contributed by atoms with Crippen molar-refractivity contribution in [1.82, 2.24) is 14.8 Å². The van der Waals surface area contributed by atoms with Gasteiger partial charge in [-0.3, -0.25) is 19.4 Å². The van der Waals surface area contributed by atoms with E-state index in [0.29, 0.717) is 35.8 Å². The van der Waals surface area contributed by atoms with E-state index in [2.05, 4.69) is 10.3 Å². The van der Waals surface area contributed by atoms with E-state index in [1.54, 1.807) is 66.6 Å². The van der Waals surface area contributed by atoms with Gasteiger partial charge in [0.05, 0.1) is 17.7 Å². The van der Waals surface area contributed by atoms with Crippen molar-refractivity contribution in [2.24, 2.45) is 11.8 Å². The summed E-state index contributed by atoms with van der Waals surface area (Å²) in [4.78, 5) is 46.6. The van der Waals surface area contributed by atoms with Gasteiger partial charge in [0.2, 0.25) is 5.91 Å². The number of carbonyl (C=O) groups is 3. The second-order valence-electron chi connectivity index (χ2n) is 9.74. The van der Waals surface area contributed by atoms with Crippen LogP contribution < -0.4 is 10.1 Å². The smallest absolute Gasteiger partial charge is 0.272 e.